The zero-order valence-electron chi connectivity index (χ0n) is 10.1. The van der Waals surface area contributed by atoms with Crippen molar-refractivity contribution in [1.29, 1.82) is 0 Å². The first-order valence-corrected chi connectivity index (χ1v) is 7.14. The monoisotopic (exact) mass is 283 g/mol. The van der Waals surface area contributed by atoms with E-state index in [0.29, 0.717) is 12.0 Å². The number of nitrogens with one attached hydrogen (secondary N) is 1. The molecule has 1 N–H and O–H groups in total. The van der Waals surface area contributed by atoms with Crippen molar-refractivity contribution in [2.45, 2.75) is 18.9 Å². The van der Waals surface area contributed by atoms with Gasteiger partial charge in [0.1, 0.15) is 5.82 Å². The summed E-state index contributed by atoms with van der Waals surface area (Å²) in [6, 6.07) is 7.47. The van der Waals surface area contributed by atoms with E-state index in [1.165, 1.54) is 5.56 Å². The lowest BCUT2D eigenvalue weighted by atomic mass is 10.0. The highest BCUT2D eigenvalue weighted by Gasteiger charge is 2.13. The predicted octanol–water partition coefficient (Wildman–Crippen LogP) is 3.91. The van der Waals surface area contributed by atoms with Crippen molar-refractivity contribution < 1.29 is 4.39 Å². The smallest absolute Gasteiger partial charge is 0.145 e. The molecule has 96 valence electrons. The van der Waals surface area contributed by atoms with Crippen LogP contribution in [0, 0.1) is 5.82 Å². The Labute approximate surface area is 116 Å². The van der Waals surface area contributed by atoms with Gasteiger partial charge in [-0.1, -0.05) is 23.7 Å². The highest BCUT2D eigenvalue weighted by molar-refractivity contribution is 7.07. The lowest BCUT2D eigenvalue weighted by molar-refractivity contribution is 0.533. The van der Waals surface area contributed by atoms with Gasteiger partial charge in [0.25, 0.3) is 0 Å². The third kappa shape index (κ3) is 3.31. The Hall–Kier alpha value is -0.900. The van der Waals surface area contributed by atoms with E-state index >= 15 is 0 Å². The molecule has 0 saturated heterocycles. The molecule has 1 heterocycles. The average molecular weight is 284 g/mol. The predicted molar refractivity (Wildman–Crippen MR) is 76.0 cm³/mol. The molecule has 0 aliphatic heterocycles. The number of rotatable bonds is 5. The summed E-state index contributed by atoms with van der Waals surface area (Å²) in [5, 5.41) is 7.60. The molecule has 1 aromatic carbocycles. The SMILES string of the molecule is CNC(Cc1ccsc1)Cc1cccc(Cl)c1F. The van der Waals surface area contributed by atoms with Gasteiger partial charge in [-0.15, -0.1) is 0 Å². The molecule has 0 fully saturated rings. The number of hydrogen-bond donors (Lipinski definition) is 1. The maximum Gasteiger partial charge on any atom is 0.145 e. The van der Waals surface area contributed by atoms with E-state index in [-0.39, 0.29) is 16.9 Å². The summed E-state index contributed by atoms with van der Waals surface area (Å²) in [6.45, 7) is 0. The lowest BCUT2D eigenvalue weighted by Crippen LogP contribution is -2.30. The van der Waals surface area contributed by atoms with Gasteiger partial charge < -0.3 is 5.32 Å². The van der Waals surface area contributed by atoms with E-state index in [0.717, 1.165) is 6.42 Å². The van der Waals surface area contributed by atoms with Crippen molar-refractivity contribution in [1.82, 2.24) is 5.32 Å². The van der Waals surface area contributed by atoms with Crippen LogP contribution in [0.25, 0.3) is 0 Å². The first kappa shape index (κ1) is 13.5. The fourth-order valence-electron chi connectivity index (χ4n) is 1.94. The van der Waals surface area contributed by atoms with Gasteiger partial charge in [-0.25, -0.2) is 4.39 Å². The number of halogens is 2. The van der Waals surface area contributed by atoms with Crippen LogP contribution < -0.4 is 5.32 Å². The summed E-state index contributed by atoms with van der Waals surface area (Å²) < 4.78 is 13.8. The summed E-state index contributed by atoms with van der Waals surface area (Å²) >= 11 is 7.47. The fraction of sp³-hybridized carbons (Fsp3) is 0.286. The van der Waals surface area contributed by atoms with Crippen molar-refractivity contribution in [2.75, 3.05) is 7.05 Å². The number of likely N-dealkylation sites (N-methyl/N-ethyl adjacent to an activating group) is 1. The van der Waals surface area contributed by atoms with Crippen LogP contribution in [-0.4, -0.2) is 13.1 Å². The Morgan fingerprint density at radius 2 is 2.17 bits per heavy atom. The van der Waals surface area contributed by atoms with E-state index in [9.17, 15) is 4.39 Å². The van der Waals surface area contributed by atoms with Crippen LogP contribution in [0.2, 0.25) is 5.02 Å². The standard InChI is InChI=1S/C14H15ClFNS/c1-17-12(7-10-5-6-18-9-10)8-11-3-2-4-13(15)14(11)16/h2-6,9,12,17H,7-8H2,1H3. The Bertz CT molecular complexity index is 499. The maximum absolute atomic E-state index is 13.8. The van der Waals surface area contributed by atoms with Crippen molar-refractivity contribution in [3.05, 3.63) is 57.0 Å². The Morgan fingerprint density at radius 3 is 2.83 bits per heavy atom. The van der Waals surface area contributed by atoms with Crippen LogP contribution >= 0.6 is 22.9 Å². The number of hydrogen-bond acceptors (Lipinski definition) is 2. The van der Waals surface area contributed by atoms with Crippen LogP contribution in [0.15, 0.2) is 35.0 Å². The Morgan fingerprint density at radius 1 is 1.33 bits per heavy atom. The van der Waals surface area contributed by atoms with Crippen LogP contribution in [0.1, 0.15) is 11.1 Å². The fourth-order valence-corrected chi connectivity index (χ4v) is 2.82. The Balaban J connectivity index is 2.08. The van der Waals surface area contributed by atoms with Gasteiger partial charge in [-0.3, -0.25) is 0 Å². The first-order valence-electron chi connectivity index (χ1n) is 5.82. The molecular weight excluding hydrogens is 269 g/mol. The van der Waals surface area contributed by atoms with Gasteiger partial charge in [0.15, 0.2) is 0 Å². The Kier molecular flexibility index (Phi) is 4.75. The largest absolute Gasteiger partial charge is 0.316 e. The maximum atomic E-state index is 13.8. The highest BCUT2D eigenvalue weighted by Crippen LogP contribution is 2.20. The van der Waals surface area contributed by atoms with E-state index < -0.39 is 0 Å². The zero-order valence-corrected chi connectivity index (χ0v) is 11.7. The third-order valence-electron chi connectivity index (χ3n) is 2.97. The topological polar surface area (TPSA) is 12.0 Å². The number of benzene rings is 1. The normalized spacial score (nSPS) is 12.6. The van der Waals surface area contributed by atoms with Crippen molar-refractivity contribution >= 4 is 22.9 Å². The summed E-state index contributed by atoms with van der Waals surface area (Å²) in [7, 11) is 1.90. The average Bonchev–Trinajstić information content (AvgIpc) is 2.86. The molecule has 1 unspecified atom stereocenters. The van der Waals surface area contributed by atoms with Crippen molar-refractivity contribution in [2.24, 2.45) is 0 Å². The molecular formula is C14H15ClFNS. The molecule has 0 amide bonds. The minimum Gasteiger partial charge on any atom is -0.316 e. The summed E-state index contributed by atoms with van der Waals surface area (Å²) in [5.74, 6) is -0.301. The highest BCUT2D eigenvalue weighted by atomic mass is 35.5. The summed E-state index contributed by atoms with van der Waals surface area (Å²) in [6.07, 6.45) is 1.53. The second-order valence-corrected chi connectivity index (χ2v) is 5.43. The van der Waals surface area contributed by atoms with E-state index in [1.54, 1.807) is 29.5 Å². The van der Waals surface area contributed by atoms with Gasteiger partial charge in [0.2, 0.25) is 0 Å². The minimum absolute atomic E-state index is 0.192. The van der Waals surface area contributed by atoms with Crippen LogP contribution in [0.4, 0.5) is 4.39 Å². The molecule has 2 rings (SSSR count). The molecule has 1 aromatic heterocycles. The molecule has 1 nitrogen and oxygen atoms in total. The van der Waals surface area contributed by atoms with Gasteiger partial charge >= 0.3 is 0 Å². The zero-order chi connectivity index (χ0) is 13.0. The molecule has 18 heavy (non-hydrogen) atoms. The minimum atomic E-state index is -0.301. The van der Waals surface area contributed by atoms with E-state index in [4.69, 9.17) is 11.6 Å². The molecule has 1 atom stereocenters. The third-order valence-corrected chi connectivity index (χ3v) is 3.99. The van der Waals surface area contributed by atoms with Gasteiger partial charge in [-0.05, 0) is 53.9 Å². The van der Waals surface area contributed by atoms with Crippen LogP contribution in [0.3, 0.4) is 0 Å². The summed E-state index contributed by atoms with van der Waals surface area (Å²) in [4.78, 5) is 0. The lowest BCUT2D eigenvalue weighted by Gasteiger charge is -2.16. The quantitative estimate of drug-likeness (QED) is 0.877. The molecule has 0 bridgehead atoms. The molecule has 2 aromatic rings. The summed E-state index contributed by atoms with van der Waals surface area (Å²) in [5.41, 5.74) is 1.94. The van der Waals surface area contributed by atoms with Crippen molar-refractivity contribution in [3.63, 3.8) is 0 Å². The van der Waals surface area contributed by atoms with Crippen LogP contribution in [0.5, 0.6) is 0 Å². The van der Waals surface area contributed by atoms with Gasteiger partial charge in [0.05, 0.1) is 5.02 Å². The van der Waals surface area contributed by atoms with E-state index in [2.05, 4.69) is 22.1 Å². The van der Waals surface area contributed by atoms with Crippen molar-refractivity contribution in [3.8, 4) is 0 Å². The second-order valence-electron chi connectivity index (χ2n) is 4.24. The van der Waals surface area contributed by atoms with E-state index in [1.807, 2.05) is 7.05 Å². The van der Waals surface area contributed by atoms with Crippen LogP contribution in [-0.2, 0) is 12.8 Å². The molecule has 0 aliphatic rings. The number of thiophene rings is 1. The van der Waals surface area contributed by atoms with Gasteiger partial charge in [0, 0.05) is 6.04 Å². The molecule has 0 aliphatic carbocycles. The van der Waals surface area contributed by atoms with Gasteiger partial charge in [-0.2, -0.15) is 11.3 Å². The molecule has 0 radical (unpaired) electrons. The first-order chi connectivity index (χ1) is 8.70. The molecule has 4 heteroatoms. The second kappa shape index (κ2) is 6.32. The molecule has 0 saturated carbocycles. The molecule has 0 spiro atoms.